The van der Waals surface area contributed by atoms with E-state index < -0.39 is 11.8 Å². The van der Waals surface area contributed by atoms with Gasteiger partial charge in [-0.2, -0.15) is 0 Å². The number of hydrogen-bond acceptors (Lipinski definition) is 6. The van der Waals surface area contributed by atoms with Crippen molar-refractivity contribution in [2.45, 2.75) is 19.0 Å². The van der Waals surface area contributed by atoms with E-state index in [0.29, 0.717) is 26.3 Å². The summed E-state index contributed by atoms with van der Waals surface area (Å²) in [5.41, 5.74) is 1.24. The molecule has 1 aromatic heterocycles. The van der Waals surface area contributed by atoms with E-state index >= 15 is 0 Å². The predicted octanol–water partition coefficient (Wildman–Crippen LogP) is 1.97. The highest BCUT2D eigenvalue weighted by Gasteiger charge is 2.33. The standard InChI is InChI=1S/C23H30N4O3S/c1-18(24-22(28)23(29)27-13-15-30-16-14-27)21(20-8-5-17-31-20)26-11-9-25(10-12-26)19-6-3-2-4-7-19/h2-8,17-18,21H,9-16H2,1H3,(H,24,28)/t18-,21+/m0/s1. The van der Waals surface area contributed by atoms with E-state index in [1.807, 2.05) is 19.1 Å². The molecule has 2 aliphatic heterocycles. The number of hydrogen-bond donors (Lipinski definition) is 1. The molecule has 1 aromatic carbocycles. The first kappa shape index (κ1) is 21.8. The third-order valence-corrected chi connectivity index (χ3v) is 6.93. The Morgan fingerprint density at radius 2 is 1.68 bits per heavy atom. The Morgan fingerprint density at radius 1 is 0.968 bits per heavy atom. The monoisotopic (exact) mass is 442 g/mol. The van der Waals surface area contributed by atoms with Gasteiger partial charge < -0.3 is 19.9 Å². The summed E-state index contributed by atoms with van der Waals surface area (Å²) in [6, 6.07) is 14.5. The zero-order valence-electron chi connectivity index (χ0n) is 17.9. The van der Waals surface area contributed by atoms with Gasteiger partial charge in [-0.15, -0.1) is 11.3 Å². The number of para-hydroxylation sites is 1. The van der Waals surface area contributed by atoms with Crippen LogP contribution in [0.15, 0.2) is 47.8 Å². The molecule has 2 aromatic rings. The van der Waals surface area contributed by atoms with Crippen LogP contribution in [0.2, 0.25) is 0 Å². The second kappa shape index (κ2) is 10.3. The first-order valence-corrected chi connectivity index (χ1v) is 11.8. The summed E-state index contributed by atoms with van der Waals surface area (Å²) in [6.07, 6.45) is 0. The van der Waals surface area contributed by atoms with Gasteiger partial charge in [-0.3, -0.25) is 14.5 Å². The average molecular weight is 443 g/mol. The molecule has 0 saturated carbocycles. The number of carbonyl (C=O) groups is 2. The van der Waals surface area contributed by atoms with Crippen LogP contribution in [0.3, 0.4) is 0 Å². The Balaban J connectivity index is 1.41. The molecule has 2 amide bonds. The van der Waals surface area contributed by atoms with Crippen LogP contribution in [0.1, 0.15) is 17.8 Å². The van der Waals surface area contributed by atoms with Crippen LogP contribution in [0.4, 0.5) is 5.69 Å². The van der Waals surface area contributed by atoms with E-state index in [0.717, 1.165) is 26.2 Å². The minimum atomic E-state index is -0.529. The van der Waals surface area contributed by atoms with Crippen molar-refractivity contribution in [2.24, 2.45) is 0 Å². The Labute approximate surface area is 187 Å². The topological polar surface area (TPSA) is 65.1 Å². The predicted molar refractivity (Wildman–Crippen MR) is 122 cm³/mol. The van der Waals surface area contributed by atoms with Gasteiger partial charge in [0, 0.05) is 55.9 Å². The maximum Gasteiger partial charge on any atom is 0.312 e. The van der Waals surface area contributed by atoms with Gasteiger partial charge in [0.2, 0.25) is 0 Å². The number of piperazine rings is 1. The fraction of sp³-hybridized carbons (Fsp3) is 0.478. The van der Waals surface area contributed by atoms with Crippen LogP contribution >= 0.6 is 11.3 Å². The van der Waals surface area contributed by atoms with Crippen molar-refractivity contribution in [1.82, 2.24) is 15.1 Å². The van der Waals surface area contributed by atoms with Gasteiger partial charge in [0.25, 0.3) is 0 Å². The van der Waals surface area contributed by atoms with Gasteiger partial charge in [-0.1, -0.05) is 24.3 Å². The lowest BCUT2D eigenvalue weighted by molar-refractivity contribution is -0.149. The number of ether oxygens (including phenoxy) is 1. The number of nitrogens with one attached hydrogen (secondary N) is 1. The summed E-state index contributed by atoms with van der Waals surface area (Å²) < 4.78 is 5.28. The van der Waals surface area contributed by atoms with Crippen molar-refractivity contribution < 1.29 is 14.3 Å². The van der Waals surface area contributed by atoms with E-state index in [9.17, 15) is 9.59 Å². The second-order valence-corrected chi connectivity index (χ2v) is 8.96. The molecule has 3 heterocycles. The molecule has 7 nitrogen and oxygen atoms in total. The lowest BCUT2D eigenvalue weighted by atomic mass is 10.0. The van der Waals surface area contributed by atoms with Crippen LogP contribution in [0, 0.1) is 0 Å². The highest BCUT2D eigenvalue weighted by Crippen LogP contribution is 2.30. The summed E-state index contributed by atoms with van der Waals surface area (Å²) in [7, 11) is 0. The smallest absolute Gasteiger partial charge is 0.312 e. The number of amides is 2. The fourth-order valence-electron chi connectivity index (χ4n) is 4.36. The second-order valence-electron chi connectivity index (χ2n) is 7.99. The van der Waals surface area contributed by atoms with Gasteiger partial charge in [-0.25, -0.2) is 0 Å². The quantitative estimate of drug-likeness (QED) is 0.718. The molecule has 0 radical (unpaired) electrons. The highest BCUT2D eigenvalue weighted by atomic mass is 32.1. The maximum atomic E-state index is 12.7. The molecule has 4 rings (SSSR count). The third-order valence-electron chi connectivity index (χ3n) is 5.99. The average Bonchev–Trinajstić information content (AvgIpc) is 3.34. The third kappa shape index (κ3) is 5.26. The van der Waals surface area contributed by atoms with Crippen molar-refractivity contribution >= 4 is 28.8 Å². The number of thiophene rings is 1. The minimum Gasteiger partial charge on any atom is -0.378 e. The molecule has 2 atom stereocenters. The zero-order chi connectivity index (χ0) is 21.6. The van der Waals surface area contributed by atoms with Crippen LogP contribution in [-0.2, 0) is 14.3 Å². The summed E-state index contributed by atoms with van der Waals surface area (Å²) in [6.45, 7) is 7.56. The summed E-state index contributed by atoms with van der Waals surface area (Å²) in [4.78, 5) is 32.8. The fourth-order valence-corrected chi connectivity index (χ4v) is 5.32. The number of rotatable bonds is 5. The summed E-state index contributed by atoms with van der Waals surface area (Å²) in [5, 5.41) is 5.05. The molecule has 0 unspecified atom stereocenters. The lowest BCUT2D eigenvalue weighted by Gasteiger charge is -2.42. The van der Waals surface area contributed by atoms with Gasteiger partial charge in [0.15, 0.2) is 0 Å². The number of nitrogens with zero attached hydrogens (tertiary/aromatic N) is 3. The van der Waals surface area contributed by atoms with E-state index in [2.05, 4.69) is 50.8 Å². The SMILES string of the molecule is C[C@H](NC(=O)C(=O)N1CCOCC1)[C@H](c1cccs1)N1CCN(c2ccccc2)CC1. The van der Waals surface area contributed by atoms with E-state index in [4.69, 9.17) is 4.74 Å². The number of benzene rings is 1. The Morgan fingerprint density at radius 3 is 2.32 bits per heavy atom. The Kier molecular flexibility index (Phi) is 7.21. The van der Waals surface area contributed by atoms with Crippen molar-refractivity contribution in [3.63, 3.8) is 0 Å². The van der Waals surface area contributed by atoms with E-state index in [-0.39, 0.29) is 12.1 Å². The molecule has 0 spiro atoms. The van der Waals surface area contributed by atoms with E-state index in [1.54, 1.807) is 16.2 Å². The molecule has 2 saturated heterocycles. The van der Waals surface area contributed by atoms with Crippen LogP contribution in [-0.4, -0.2) is 80.1 Å². The molecular formula is C23H30N4O3S. The molecule has 31 heavy (non-hydrogen) atoms. The van der Waals surface area contributed by atoms with Crippen LogP contribution in [0.25, 0.3) is 0 Å². The van der Waals surface area contributed by atoms with Crippen molar-refractivity contribution in [1.29, 1.82) is 0 Å². The normalized spacial score (nSPS) is 19.6. The Bertz CT molecular complexity index is 847. The van der Waals surface area contributed by atoms with Crippen molar-refractivity contribution in [2.75, 3.05) is 57.4 Å². The van der Waals surface area contributed by atoms with Gasteiger partial charge in [0.05, 0.1) is 19.3 Å². The molecule has 166 valence electrons. The molecule has 2 aliphatic rings. The van der Waals surface area contributed by atoms with E-state index in [1.165, 1.54) is 10.6 Å². The van der Waals surface area contributed by atoms with Gasteiger partial charge in [0.1, 0.15) is 0 Å². The molecule has 8 heteroatoms. The summed E-state index contributed by atoms with van der Waals surface area (Å²) in [5.74, 6) is -0.993. The molecule has 1 N–H and O–H groups in total. The number of carbonyl (C=O) groups excluding carboxylic acids is 2. The summed E-state index contributed by atoms with van der Waals surface area (Å²) >= 11 is 1.70. The highest BCUT2D eigenvalue weighted by molar-refractivity contribution is 7.10. The molecular weight excluding hydrogens is 412 g/mol. The number of morpholine rings is 1. The largest absolute Gasteiger partial charge is 0.378 e. The Hall–Kier alpha value is -2.42. The minimum absolute atomic E-state index is 0.0411. The van der Waals surface area contributed by atoms with Gasteiger partial charge in [-0.05, 0) is 30.5 Å². The van der Waals surface area contributed by atoms with Gasteiger partial charge >= 0.3 is 11.8 Å². The lowest BCUT2D eigenvalue weighted by Crippen LogP contribution is -2.54. The first-order chi connectivity index (χ1) is 15.1. The molecule has 2 fully saturated rings. The molecule has 0 bridgehead atoms. The number of anilines is 1. The van der Waals surface area contributed by atoms with Crippen molar-refractivity contribution in [3.8, 4) is 0 Å². The van der Waals surface area contributed by atoms with Crippen LogP contribution in [0.5, 0.6) is 0 Å². The first-order valence-electron chi connectivity index (χ1n) is 10.9. The van der Waals surface area contributed by atoms with Crippen molar-refractivity contribution in [3.05, 3.63) is 52.7 Å². The van der Waals surface area contributed by atoms with Crippen LogP contribution < -0.4 is 10.2 Å². The zero-order valence-corrected chi connectivity index (χ0v) is 18.7. The maximum absolute atomic E-state index is 12.7. The molecule has 0 aliphatic carbocycles.